The number of carbonyl (C=O) groups excluding carboxylic acids is 4. The summed E-state index contributed by atoms with van der Waals surface area (Å²) < 4.78 is 63.7. The van der Waals surface area contributed by atoms with Gasteiger partial charge in [0.05, 0.1) is 29.4 Å². The van der Waals surface area contributed by atoms with Crippen molar-refractivity contribution in [3.8, 4) is 17.2 Å². The molecule has 64 heavy (non-hydrogen) atoms. The van der Waals surface area contributed by atoms with Crippen molar-refractivity contribution in [1.29, 1.82) is 0 Å². The first kappa shape index (κ1) is 44.7. The molecule has 0 saturated carbocycles. The Morgan fingerprint density at radius 3 is 1.84 bits per heavy atom. The predicted molar refractivity (Wildman–Crippen MR) is 240 cm³/mol. The molecule has 1 aliphatic rings. The molecule has 1 unspecified atom stereocenters. The van der Waals surface area contributed by atoms with Gasteiger partial charge < -0.3 is 46.3 Å². The summed E-state index contributed by atoms with van der Waals surface area (Å²) >= 11 is 0. The van der Waals surface area contributed by atoms with E-state index in [0.717, 1.165) is 35.2 Å². The highest BCUT2D eigenvalue weighted by Gasteiger charge is 2.32. The molecule has 1 aliphatic carbocycles. The summed E-state index contributed by atoms with van der Waals surface area (Å²) in [5, 5.41) is 4.72. The summed E-state index contributed by atoms with van der Waals surface area (Å²) in [7, 11) is -7.03. The van der Waals surface area contributed by atoms with Crippen LogP contribution >= 0.6 is 0 Å². The molecule has 332 valence electrons. The van der Waals surface area contributed by atoms with E-state index < -0.39 is 47.9 Å². The van der Waals surface area contributed by atoms with Crippen LogP contribution < -0.4 is 36.3 Å². The molecule has 2 heterocycles. The Morgan fingerprint density at radius 1 is 0.656 bits per heavy atom. The minimum atomic E-state index is -4.27. The van der Waals surface area contributed by atoms with Crippen LogP contribution in [0.5, 0.6) is 17.2 Å². The van der Waals surface area contributed by atoms with Gasteiger partial charge in [-0.1, -0.05) is 72.8 Å². The number of sulfone groups is 2. The molecule has 0 radical (unpaired) electrons. The van der Waals surface area contributed by atoms with Gasteiger partial charge in [-0.05, 0) is 60.2 Å². The van der Waals surface area contributed by atoms with E-state index in [4.69, 9.17) is 25.7 Å². The third-order valence-electron chi connectivity index (χ3n) is 10.6. The van der Waals surface area contributed by atoms with Gasteiger partial charge >= 0.3 is 10.5 Å². The van der Waals surface area contributed by atoms with Crippen molar-refractivity contribution in [2.45, 2.75) is 38.3 Å². The van der Waals surface area contributed by atoms with Crippen LogP contribution in [0.15, 0.2) is 109 Å². The first-order valence-corrected chi connectivity index (χ1v) is 23.2. The number of fused-ring (bicyclic) bond motifs is 6. The normalized spacial score (nSPS) is 13.6. The number of amides is 4. The lowest BCUT2D eigenvalue weighted by Crippen LogP contribution is -2.31. The Hall–Kier alpha value is -7.38. The summed E-state index contributed by atoms with van der Waals surface area (Å²) in [6.45, 7) is 0.764. The van der Waals surface area contributed by atoms with Gasteiger partial charge in [0.15, 0.2) is 11.9 Å². The molecule has 0 aliphatic heterocycles. The number of aromatic nitrogens is 2. The van der Waals surface area contributed by atoms with Crippen LogP contribution in [0.4, 0.5) is 9.59 Å². The maximum absolute atomic E-state index is 13.2. The van der Waals surface area contributed by atoms with Crippen LogP contribution in [0, 0.1) is 0 Å². The fourth-order valence-electron chi connectivity index (χ4n) is 7.50. The summed E-state index contributed by atoms with van der Waals surface area (Å²) in [5.74, 6) is -1.77. The summed E-state index contributed by atoms with van der Waals surface area (Å²) in [6.07, 6.45) is 2.21. The van der Waals surface area contributed by atoms with E-state index in [1.54, 1.807) is 42.5 Å². The Morgan fingerprint density at radius 2 is 1.23 bits per heavy atom. The van der Waals surface area contributed by atoms with E-state index in [1.807, 2.05) is 66.7 Å². The average Bonchev–Trinajstić information content (AvgIpc) is 3.88. The van der Waals surface area contributed by atoms with Crippen LogP contribution in [0.3, 0.4) is 0 Å². The highest BCUT2D eigenvalue weighted by molar-refractivity contribution is 8.06. The summed E-state index contributed by atoms with van der Waals surface area (Å²) in [6, 6.07) is 32.7. The number of ether oxygens (including phenoxy) is 3. The molecule has 8 N–H and O–H groups in total. The second-order valence-corrected chi connectivity index (χ2v) is 18.5. The van der Waals surface area contributed by atoms with Gasteiger partial charge in [-0.3, -0.25) is 19.2 Å². The molecule has 0 fully saturated rings. The predicted octanol–water partition coefficient (Wildman–Crippen LogP) is 5.82. The highest BCUT2D eigenvalue weighted by atomic mass is 32.2. The van der Waals surface area contributed by atoms with Gasteiger partial charge in [0, 0.05) is 52.8 Å². The van der Waals surface area contributed by atoms with Crippen molar-refractivity contribution in [3.63, 3.8) is 0 Å². The first-order chi connectivity index (χ1) is 30.7. The lowest BCUT2D eigenvalue weighted by molar-refractivity contribution is -0.123. The first-order valence-electron chi connectivity index (χ1n) is 19.9. The minimum Gasteiger partial charge on any atom is -0.497 e. The molecule has 2 aromatic heterocycles. The Kier molecular flexibility index (Phi) is 13.2. The van der Waals surface area contributed by atoms with Crippen molar-refractivity contribution < 1.29 is 50.2 Å². The third kappa shape index (κ3) is 9.79. The van der Waals surface area contributed by atoms with Crippen LogP contribution in [0.25, 0.3) is 32.7 Å². The molecule has 8 rings (SSSR count). The van der Waals surface area contributed by atoms with Crippen molar-refractivity contribution in [3.05, 3.63) is 137 Å². The number of nitrogens with one attached hydrogen (secondary N) is 4. The SMILES string of the molecule is COc1cc(OCS(=O)(=O)C(N)=O)c2c3c([nH]c2c1)CCCC3C(=O)NCc1ccccc1.NC(=O)S(=O)(=O)COc1cccc2[nH]c3cccc(C(=O)NCc4ccccc4)c3c12. The molecule has 4 amide bonds. The van der Waals surface area contributed by atoms with Crippen LogP contribution in [0.1, 0.15) is 51.5 Å². The number of hydrogen-bond donors (Lipinski definition) is 6. The van der Waals surface area contributed by atoms with E-state index in [0.29, 0.717) is 63.5 Å². The van der Waals surface area contributed by atoms with Crippen LogP contribution in [-0.4, -0.2) is 68.1 Å². The van der Waals surface area contributed by atoms with Crippen molar-refractivity contribution in [2.24, 2.45) is 11.5 Å². The topological polar surface area (TPSA) is 272 Å². The second-order valence-electron chi connectivity index (χ2n) is 14.8. The molecule has 5 aromatic carbocycles. The van der Waals surface area contributed by atoms with Crippen molar-refractivity contribution in [1.82, 2.24) is 20.6 Å². The molecule has 17 nitrogen and oxygen atoms in total. The van der Waals surface area contributed by atoms with Gasteiger partial charge in [0.25, 0.3) is 25.6 Å². The maximum Gasteiger partial charge on any atom is 0.337 e. The van der Waals surface area contributed by atoms with Crippen molar-refractivity contribution in [2.75, 3.05) is 19.0 Å². The van der Waals surface area contributed by atoms with Gasteiger partial charge in [-0.2, -0.15) is 0 Å². The largest absolute Gasteiger partial charge is 0.497 e. The zero-order chi connectivity index (χ0) is 45.6. The second kappa shape index (κ2) is 18.9. The quantitative estimate of drug-likeness (QED) is 0.0802. The highest BCUT2D eigenvalue weighted by Crippen LogP contribution is 2.43. The lowest BCUT2D eigenvalue weighted by Gasteiger charge is -2.23. The van der Waals surface area contributed by atoms with E-state index in [9.17, 15) is 36.0 Å². The van der Waals surface area contributed by atoms with Gasteiger partial charge in [0.2, 0.25) is 5.91 Å². The van der Waals surface area contributed by atoms with E-state index >= 15 is 0 Å². The van der Waals surface area contributed by atoms with Crippen LogP contribution in [0.2, 0.25) is 0 Å². The molecular formula is C45H44N6O11S2. The fraction of sp³-hybridized carbons (Fsp3) is 0.200. The van der Waals surface area contributed by atoms with E-state index in [-0.39, 0.29) is 23.3 Å². The third-order valence-corrected chi connectivity index (χ3v) is 12.7. The molecule has 0 bridgehead atoms. The number of aryl methyl sites for hydroxylation is 1. The standard InChI is InChI=1S/C23H25N3O6S.C22H19N3O5S/c1-31-15-10-18-21(19(11-15)32-13-33(29,30)23(24)28)20-16(8-5-9-17(20)26-18)22(27)25-12-14-6-3-2-4-7-14;23-22(27)31(28,29)13-30-18-11-5-10-17-20(18)19-15(8-4-9-16(19)25-17)21(26)24-12-14-6-2-1-3-7-14/h2-4,6-7,10-11,16,26H,5,8-9,12-13H2,1H3,(H2,24,28)(H,25,27);1-11,25H,12-13H2,(H2,23,27)(H,24,26). The number of hydrogen-bond acceptors (Lipinski definition) is 11. The van der Waals surface area contributed by atoms with E-state index in [2.05, 4.69) is 20.6 Å². The Balaban J connectivity index is 0.000000192. The van der Waals surface area contributed by atoms with Crippen LogP contribution in [-0.2, 0) is 44.0 Å². The Bertz CT molecular complexity index is 3120. The summed E-state index contributed by atoms with van der Waals surface area (Å²) in [4.78, 5) is 55.0. The number of aromatic amines is 2. The number of carbonyl (C=O) groups is 4. The molecule has 0 saturated heterocycles. The number of H-pyrrole nitrogens is 2. The molecular weight excluding hydrogens is 865 g/mol. The average molecular weight is 909 g/mol. The minimum absolute atomic E-state index is 0.118. The summed E-state index contributed by atoms with van der Waals surface area (Å²) in [5.41, 5.74) is 15.9. The van der Waals surface area contributed by atoms with Gasteiger partial charge in [-0.15, -0.1) is 0 Å². The zero-order valence-electron chi connectivity index (χ0n) is 34.4. The molecule has 7 aromatic rings. The number of nitrogens with two attached hydrogens (primary N) is 2. The molecule has 0 spiro atoms. The van der Waals surface area contributed by atoms with E-state index in [1.165, 1.54) is 7.11 Å². The van der Waals surface area contributed by atoms with Gasteiger partial charge in [-0.25, -0.2) is 16.8 Å². The number of benzene rings is 5. The maximum atomic E-state index is 13.2. The zero-order valence-corrected chi connectivity index (χ0v) is 36.0. The monoisotopic (exact) mass is 908 g/mol. The number of primary amides is 2. The number of rotatable bonds is 13. The Labute approximate surface area is 367 Å². The molecule has 1 atom stereocenters. The van der Waals surface area contributed by atoms with Crippen molar-refractivity contribution >= 4 is 74.7 Å². The number of methoxy groups -OCH3 is 1. The smallest absolute Gasteiger partial charge is 0.337 e. The fourth-order valence-corrected chi connectivity index (χ4v) is 8.30. The molecule has 19 heteroatoms. The lowest BCUT2D eigenvalue weighted by atomic mass is 9.84. The van der Waals surface area contributed by atoms with Gasteiger partial charge in [0.1, 0.15) is 17.2 Å².